The molecular weight excluding hydrogens is 328 g/mol. The van der Waals surface area contributed by atoms with Gasteiger partial charge in [0.2, 0.25) is 5.91 Å². The predicted octanol–water partition coefficient (Wildman–Crippen LogP) is 5.61. The van der Waals surface area contributed by atoms with Gasteiger partial charge in [0.1, 0.15) is 0 Å². The number of benzene rings is 2. The summed E-state index contributed by atoms with van der Waals surface area (Å²) in [6, 6.07) is 20.4. The van der Waals surface area contributed by atoms with Crippen LogP contribution in [0.1, 0.15) is 25.7 Å². The highest BCUT2D eigenvalue weighted by Gasteiger charge is 2.24. The van der Waals surface area contributed by atoms with Crippen LogP contribution < -0.4 is 5.32 Å². The molecule has 1 saturated carbocycles. The fourth-order valence-electron chi connectivity index (χ4n) is 3.35. The zero-order chi connectivity index (χ0) is 17.1. The Morgan fingerprint density at radius 3 is 2.16 bits per heavy atom. The number of thiazole rings is 1. The van der Waals surface area contributed by atoms with Crippen molar-refractivity contribution in [3.05, 3.63) is 60.7 Å². The summed E-state index contributed by atoms with van der Waals surface area (Å²) in [4.78, 5) is 18.3. The number of anilines is 1. The van der Waals surface area contributed by atoms with Crippen molar-refractivity contribution < 1.29 is 4.79 Å². The SMILES string of the molecule is O=C(Nc1nc(-c2ccccc2)c(-c2ccccc2)s1)C1CCCC1. The summed E-state index contributed by atoms with van der Waals surface area (Å²) in [5, 5.41) is 3.74. The highest BCUT2D eigenvalue weighted by atomic mass is 32.1. The smallest absolute Gasteiger partial charge is 0.229 e. The number of nitrogens with one attached hydrogen (secondary N) is 1. The van der Waals surface area contributed by atoms with Gasteiger partial charge in [-0.25, -0.2) is 4.98 Å². The summed E-state index contributed by atoms with van der Waals surface area (Å²) >= 11 is 1.55. The maximum atomic E-state index is 12.5. The Hall–Kier alpha value is -2.46. The van der Waals surface area contributed by atoms with Crippen LogP contribution >= 0.6 is 11.3 Å². The lowest BCUT2D eigenvalue weighted by Crippen LogP contribution is -2.20. The van der Waals surface area contributed by atoms with Crippen LogP contribution in [0.3, 0.4) is 0 Å². The lowest BCUT2D eigenvalue weighted by Gasteiger charge is -2.07. The zero-order valence-corrected chi connectivity index (χ0v) is 14.8. The molecular formula is C21H20N2OS. The molecule has 1 N–H and O–H groups in total. The Kier molecular flexibility index (Phi) is 4.61. The van der Waals surface area contributed by atoms with Crippen molar-refractivity contribution in [1.29, 1.82) is 0 Å². The predicted molar refractivity (Wildman–Crippen MR) is 104 cm³/mol. The van der Waals surface area contributed by atoms with Crippen LogP contribution in [-0.2, 0) is 4.79 Å². The zero-order valence-electron chi connectivity index (χ0n) is 13.9. The van der Waals surface area contributed by atoms with E-state index in [1.165, 1.54) is 0 Å². The van der Waals surface area contributed by atoms with Gasteiger partial charge in [0.25, 0.3) is 0 Å². The molecule has 1 fully saturated rings. The van der Waals surface area contributed by atoms with Gasteiger partial charge in [-0.2, -0.15) is 0 Å². The molecule has 0 saturated heterocycles. The lowest BCUT2D eigenvalue weighted by atomic mass is 10.1. The Morgan fingerprint density at radius 1 is 0.920 bits per heavy atom. The number of nitrogens with zero attached hydrogens (tertiary/aromatic N) is 1. The first-order chi connectivity index (χ1) is 12.3. The van der Waals surface area contributed by atoms with Gasteiger partial charge in [-0.1, -0.05) is 84.8 Å². The molecule has 4 rings (SSSR count). The first-order valence-corrected chi connectivity index (χ1v) is 9.55. The molecule has 2 aromatic carbocycles. The fraction of sp³-hybridized carbons (Fsp3) is 0.238. The molecule has 0 atom stereocenters. The Balaban J connectivity index is 1.69. The van der Waals surface area contributed by atoms with E-state index in [4.69, 9.17) is 4.98 Å². The van der Waals surface area contributed by atoms with Crippen LogP contribution in [0, 0.1) is 5.92 Å². The first-order valence-electron chi connectivity index (χ1n) is 8.74. The fourth-order valence-corrected chi connectivity index (χ4v) is 4.34. The number of aromatic nitrogens is 1. The van der Waals surface area contributed by atoms with E-state index >= 15 is 0 Å². The van der Waals surface area contributed by atoms with E-state index in [0.717, 1.165) is 47.4 Å². The summed E-state index contributed by atoms with van der Waals surface area (Å²) in [6.45, 7) is 0. The van der Waals surface area contributed by atoms with Crippen molar-refractivity contribution in [3.8, 4) is 21.7 Å². The van der Waals surface area contributed by atoms with E-state index in [2.05, 4.69) is 29.6 Å². The first kappa shape index (κ1) is 16.0. The molecule has 1 heterocycles. The van der Waals surface area contributed by atoms with Gasteiger partial charge in [-0.3, -0.25) is 4.79 Å². The van der Waals surface area contributed by atoms with Crippen LogP contribution in [-0.4, -0.2) is 10.9 Å². The minimum atomic E-state index is 0.116. The largest absolute Gasteiger partial charge is 0.302 e. The van der Waals surface area contributed by atoms with Crippen molar-refractivity contribution >= 4 is 22.4 Å². The second-order valence-corrected chi connectivity index (χ2v) is 7.40. The van der Waals surface area contributed by atoms with E-state index in [0.29, 0.717) is 5.13 Å². The molecule has 25 heavy (non-hydrogen) atoms. The molecule has 1 aromatic heterocycles. The standard InChI is InChI=1S/C21H20N2OS/c24-20(17-13-7-8-14-17)23-21-22-18(15-9-3-1-4-10-15)19(25-21)16-11-5-2-6-12-16/h1-6,9-12,17H,7-8,13-14H2,(H,22,23,24). The third-order valence-corrected chi connectivity index (χ3v) is 5.69. The van der Waals surface area contributed by atoms with Gasteiger partial charge < -0.3 is 5.32 Å². The molecule has 1 aliphatic rings. The average molecular weight is 348 g/mol. The molecule has 3 nitrogen and oxygen atoms in total. The maximum Gasteiger partial charge on any atom is 0.229 e. The molecule has 0 radical (unpaired) electrons. The summed E-state index contributed by atoms with van der Waals surface area (Å²) in [6.07, 6.45) is 4.30. The van der Waals surface area contributed by atoms with Crippen LogP contribution in [0.4, 0.5) is 5.13 Å². The summed E-state index contributed by atoms with van der Waals surface area (Å²) in [5.74, 6) is 0.259. The monoisotopic (exact) mass is 348 g/mol. The van der Waals surface area contributed by atoms with Crippen LogP contribution in [0.5, 0.6) is 0 Å². The van der Waals surface area contributed by atoms with E-state index in [1.807, 2.05) is 36.4 Å². The van der Waals surface area contributed by atoms with Crippen molar-refractivity contribution in [2.24, 2.45) is 5.92 Å². The maximum absolute atomic E-state index is 12.5. The van der Waals surface area contributed by atoms with Crippen molar-refractivity contribution in [2.45, 2.75) is 25.7 Å². The van der Waals surface area contributed by atoms with Crippen LogP contribution in [0.15, 0.2) is 60.7 Å². The molecule has 3 aromatic rings. The van der Waals surface area contributed by atoms with E-state index in [9.17, 15) is 4.79 Å². The summed E-state index contributed by atoms with van der Waals surface area (Å²) in [7, 11) is 0. The number of hydrogen-bond donors (Lipinski definition) is 1. The van der Waals surface area contributed by atoms with E-state index in [1.54, 1.807) is 11.3 Å². The number of rotatable bonds is 4. The Labute approximate surface area is 151 Å². The quantitative estimate of drug-likeness (QED) is 0.666. The van der Waals surface area contributed by atoms with Gasteiger partial charge in [0, 0.05) is 11.5 Å². The Bertz CT molecular complexity index is 795. The number of carbonyl (C=O) groups excluding carboxylic acids is 1. The van der Waals surface area contributed by atoms with Gasteiger partial charge in [0.05, 0.1) is 10.6 Å². The van der Waals surface area contributed by atoms with Crippen LogP contribution in [0.25, 0.3) is 21.7 Å². The number of amides is 1. The lowest BCUT2D eigenvalue weighted by molar-refractivity contribution is -0.119. The molecule has 0 unspecified atom stereocenters. The van der Waals surface area contributed by atoms with Gasteiger partial charge in [-0.15, -0.1) is 0 Å². The Morgan fingerprint density at radius 2 is 1.52 bits per heavy atom. The van der Waals surface area contributed by atoms with Crippen molar-refractivity contribution in [2.75, 3.05) is 5.32 Å². The van der Waals surface area contributed by atoms with Crippen LogP contribution in [0.2, 0.25) is 0 Å². The number of hydrogen-bond acceptors (Lipinski definition) is 3. The third kappa shape index (κ3) is 3.49. The van der Waals surface area contributed by atoms with Gasteiger partial charge in [0.15, 0.2) is 5.13 Å². The molecule has 0 spiro atoms. The average Bonchev–Trinajstić information content (AvgIpc) is 3.33. The summed E-state index contributed by atoms with van der Waals surface area (Å²) in [5.41, 5.74) is 3.12. The van der Waals surface area contributed by atoms with Crippen molar-refractivity contribution in [1.82, 2.24) is 4.98 Å². The minimum absolute atomic E-state index is 0.116. The molecule has 126 valence electrons. The molecule has 0 bridgehead atoms. The molecule has 4 heteroatoms. The topological polar surface area (TPSA) is 42.0 Å². The summed E-state index contributed by atoms with van der Waals surface area (Å²) < 4.78 is 0. The highest BCUT2D eigenvalue weighted by molar-refractivity contribution is 7.19. The van der Waals surface area contributed by atoms with E-state index < -0.39 is 0 Å². The van der Waals surface area contributed by atoms with Gasteiger partial charge in [-0.05, 0) is 18.4 Å². The molecule has 1 amide bonds. The molecule has 0 aliphatic heterocycles. The van der Waals surface area contributed by atoms with Crippen molar-refractivity contribution in [3.63, 3.8) is 0 Å². The minimum Gasteiger partial charge on any atom is -0.302 e. The second-order valence-electron chi connectivity index (χ2n) is 6.40. The molecule has 1 aliphatic carbocycles. The normalized spacial score (nSPS) is 14.6. The third-order valence-electron chi connectivity index (χ3n) is 4.67. The second kappa shape index (κ2) is 7.19. The van der Waals surface area contributed by atoms with Gasteiger partial charge >= 0.3 is 0 Å². The van der Waals surface area contributed by atoms with E-state index in [-0.39, 0.29) is 11.8 Å². The highest BCUT2D eigenvalue weighted by Crippen LogP contribution is 2.39. The number of carbonyl (C=O) groups is 1.